The molecule has 6 heteroatoms. The van der Waals surface area contributed by atoms with Gasteiger partial charge in [-0.1, -0.05) is 13.3 Å². The number of nitrogens with two attached hydrogens (primary N) is 1. The number of fused-ring (bicyclic) bond motifs is 1. The molecule has 3 rings (SSSR count). The standard InChI is InChI=1S/C13H20N6/c1-2-3-13(4-5-13)9-16-11-12-15-6-7-19(12)8-10(17-11)18-14/h6-8,18H,2-5,9,14H2,1H3,(H,16,17). The molecule has 0 atom stereocenters. The van der Waals surface area contributed by atoms with Gasteiger partial charge in [0.05, 0.1) is 6.20 Å². The number of rotatable bonds is 6. The van der Waals surface area contributed by atoms with Crippen molar-refractivity contribution in [3.8, 4) is 0 Å². The zero-order chi connectivity index (χ0) is 13.3. The number of nitrogen functional groups attached to an aromatic ring is 1. The predicted octanol–water partition coefficient (Wildman–Crippen LogP) is 2.01. The van der Waals surface area contributed by atoms with E-state index >= 15 is 0 Å². The highest BCUT2D eigenvalue weighted by Gasteiger charge is 2.41. The van der Waals surface area contributed by atoms with Crippen LogP contribution in [-0.4, -0.2) is 20.9 Å². The molecule has 2 aromatic heterocycles. The molecule has 1 aliphatic rings. The van der Waals surface area contributed by atoms with Crippen LogP contribution in [0, 0.1) is 5.41 Å². The first-order valence-electron chi connectivity index (χ1n) is 6.80. The van der Waals surface area contributed by atoms with Gasteiger partial charge >= 0.3 is 0 Å². The molecule has 0 unspecified atom stereocenters. The van der Waals surface area contributed by atoms with Crippen LogP contribution in [0.4, 0.5) is 11.6 Å². The van der Waals surface area contributed by atoms with Crippen molar-refractivity contribution in [2.45, 2.75) is 32.6 Å². The third kappa shape index (κ3) is 2.35. The maximum absolute atomic E-state index is 5.45. The molecule has 0 saturated heterocycles. The average Bonchev–Trinajstić information content (AvgIpc) is 3.02. The molecule has 0 spiro atoms. The summed E-state index contributed by atoms with van der Waals surface area (Å²) in [6.45, 7) is 3.20. The van der Waals surface area contributed by atoms with Gasteiger partial charge in [-0.25, -0.2) is 15.8 Å². The summed E-state index contributed by atoms with van der Waals surface area (Å²) in [4.78, 5) is 8.78. The normalized spacial score (nSPS) is 16.5. The van der Waals surface area contributed by atoms with Gasteiger partial charge in [0, 0.05) is 18.9 Å². The van der Waals surface area contributed by atoms with E-state index in [9.17, 15) is 0 Å². The third-order valence-corrected chi connectivity index (χ3v) is 3.89. The van der Waals surface area contributed by atoms with Gasteiger partial charge in [0.1, 0.15) is 0 Å². The Kier molecular flexibility index (Phi) is 3.02. The smallest absolute Gasteiger partial charge is 0.180 e. The third-order valence-electron chi connectivity index (χ3n) is 3.89. The molecule has 1 fully saturated rings. The molecule has 0 radical (unpaired) electrons. The summed E-state index contributed by atoms with van der Waals surface area (Å²) in [6.07, 6.45) is 10.6. The quantitative estimate of drug-likeness (QED) is 0.547. The zero-order valence-corrected chi connectivity index (χ0v) is 11.2. The molecule has 0 amide bonds. The first-order chi connectivity index (χ1) is 9.26. The van der Waals surface area contributed by atoms with E-state index in [0.717, 1.165) is 18.0 Å². The minimum atomic E-state index is 0.478. The van der Waals surface area contributed by atoms with E-state index in [1.165, 1.54) is 25.7 Å². The van der Waals surface area contributed by atoms with E-state index in [1.54, 1.807) is 6.20 Å². The molecule has 1 saturated carbocycles. The van der Waals surface area contributed by atoms with Crippen molar-refractivity contribution in [1.82, 2.24) is 14.4 Å². The Hall–Kier alpha value is -1.82. The van der Waals surface area contributed by atoms with E-state index in [1.807, 2.05) is 16.8 Å². The maximum Gasteiger partial charge on any atom is 0.180 e. The maximum atomic E-state index is 5.45. The molecule has 6 nitrogen and oxygen atoms in total. The van der Waals surface area contributed by atoms with Crippen molar-refractivity contribution in [2.24, 2.45) is 11.3 Å². The number of hydrogen-bond acceptors (Lipinski definition) is 5. The van der Waals surface area contributed by atoms with Crippen LogP contribution in [-0.2, 0) is 0 Å². The largest absolute Gasteiger partial charge is 0.366 e. The molecular weight excluding hydrogens is 240 g/mol. The molecule has 102 valence electrons. The van der Waals surface area contributed by atoms with Crippen LogP contribution in [0.5, 0.6) is 0 Å². The van der Waals surface area contributed by atoms with Crippen LogP contribution in [0.15, 0.2) is 18.6 Å². The lowest BCUT2D eigenvalue weighted by Crippen LogP contribution is -2.18. The zero-order valence-electron chi connectivity index (χ0n) is 11.2. The summed E-state index contributed by atoms with van der Waals surface area (Å²) in [5.41, 5.74) is 3.91. The fourth-order valence-electron chi connectivity index (χ4n) is 2.61. The van der Waals surface area contributed by atoms with Crippen LogP contribution < -0.4 is 16.6 Å². The molecule has 0 aromatic carbocycles. The molecule has 4 N–H and O–H groups in total. The number of hydrogen-bond donors (Lipinski definition) is 3. The predicted molar refractivity (Wildman–Crippen MR) is 75.9 cm³/mol. The highest BCUT2D eigenvalue weighted by molar-refractivity contribution is 5.65. The van der Waals surface area contributed by atoms with Gasteiger partial charge in [0.2, 0.25) is 0 Å². The minimum absolute atomic E-state index is 0.478. The van der Waals surface area contributed by atoms with Crippen LogP contribution in [0.3, 0.4) is 0 Å². The molecule has 0 bridgehead atoms. The molecule has 2 aromatic rings. The lowest BCUT2D eigenvalue weighted by molar-refractivity contribution is 0.485. The molecule has 0 aliphatic heterocycles. The Bertz CT molecular complexity index is 572. The van der Waals surface area contributed by atoms with E-state index in [0.29, 0.717) is 11.2 Å². The van der Waals surface area contributed by atoms with Gasteiger partial charge in [-0.15, -0.1) is 0 Å². The fourth-order valence-corrected chi connectivity index (χ4v) is 2.61. The Morgan fingerprint density at radius 1 is 1.47 bits per heavy atom. The van der Waals surface area contributed by atoms with Gasteiger partial charge in [-0.2, -0.15) is 0 Å². The van der Waals surface area contributed by atoms with Gasteiger partial charge in [-0.3, -0.25) is 0 Å². The van der Waals surface area contributed by atoms with Gasteiger partial charge in [0.15, 0.2) is 17.3 Å². The van der Waals surface area contributed by atoms with Crippen LogP contribution in [0.1, 0.15) is 32.6 Å². The van der Waals surface area contributed by atoms with Crippen LogP contribution in [0.25, 0.3) is 5.65 Å². The van der Waals surface area contributed by atoms with Crippen molar-refractivity contribution in [2.75, 3.05) is 17.3 Å². The second-order valence-electron chi connectivity index (χ2n) is 5.38. The Labute approximate surface area is 112 Å². The average molecular weight is 260 g/mol. The summed E-state index contributed by atoms with van der Waals surface area (Å²) in [5.74, 6) is 6.87. The van der Waals surface area contributed by atoms with Crippen molar-refractivity contribution < 1.29 is 0 Å². The van der Waals surface area contributed by atoms with Crippen molar-refractivity contribution in [3.63, 3.8) is 0 Å². The number of imidazole rings is 1. The number of anilines is 2. The Morgan fingerprint density at radius 2 is 2.32 bits per heavy atom. The second-order valence-corrected chi connectivity index (χ2v) is 5.38. The molecule has 1 aliphatic carbocycles. The van der Waals surface area contributed by atoms with Crippen LogP contribution >= 0.6 is 0 Å². The topological polar surface area (TPSA) is 80.3 Å². The number of hydrazine groups is 1. The molecule has 2 heterocycles. The van der Waals surface area contributed by atoms with Crippen molar-refractivity contribution in [3.05, 3.63) is 18.6 Å². The van der Waals surface area contributed by atoms with Gasteiger partial charge in [0.25, 0.3) is 0 Å². The fraction of sp³-hybridized carbons (Fsp3) is 0.538. The number of aromatic nitrogens is 3. The highest BCUT2D eigenvalue weighted by Crippen LogP contribution is 2.49. The second kappa shape index (κ2) is 4.70. The Morgan fingerprint density at radius 3 is 3.00 bits per heavy atom. The van der Waals surface area contributed by atoms with Crippen LogP contribution in [0.2, 0.25) is 0 Å². The van der Waals surface area contributed by atoms with E-state index < -0.39 is 0 Å². The van der Waals surface area contributed by atoms with Crippen molar-refractivity contribution >= 4 is 17.3 Å². The number of nitrogens with one attached hydrogen (secondary N) is 2. The SMILES string of the molecule is CCCC1(CNc2nc(NN)cn3ccnc23)CC1. The minimum Gasteiger partial charge on any atom is -0.366 e. The lowest BCUT2D eigenvalue weighted by atomic mass is 10.0. The lowest BCUT2D eigenvalue weighted by Gasteiger charge is -2.16. The summed E-state index contributed by atoms with van der Waals surface area (Å²) in [6, 6.07) is 0. The summed E-state index contributed by atoms with van der Waals surface area (Å²) in [5, 5.41) is 3.45. The van der Waals surface area contributed by atoms with Crippen molar-refractivity contribution in [1.29, 1.82) is 0 Å². The van der Waals surface area contributed by atoms with Gasteiger partial charge in [-0.05, 0) is 24.7 Å². The van der Waals surface area contributed by atoms with E-state index in [4.69, 9.17) is 5.84 Å². The van der Waals surface area contributed by atoms with Gasteiger partial charge < -0.3 is 15.1 Å². The first-order valence-corrected chi connectivity index (χ1v) is 6.80. The first kappa shape index (κ1) is 12.2. The monoisotopic (exact) mass is 260 g/mol. The molecular formula is C13H20N6. The number of nitrogens with zero attached hydrogens (tertiary/aromatic N) is 3. The van der Waals surface area contributed by atoms with E-state index in [2.05, 4.69) is 27.6 Å². The summed E-state index contributed by atoms with van der Waals surface area (Å²) in [7, 11) is 0. The molecule has 19 heavy (non-hydrogen) atoms. The van der Waals surface area contributed by atoms with E-state index in [-0.39, 0.29) is 0 Å². The Balaban J connectivity index is 1.81. The summed E-state index contributed by atoms with van der Waals surface area (Å²) >= 11 is 0. The highest BCUT2D eigenvalue weighted by atomic mass is 15.3. The summed E-state index contributed by atoms with van der Waals surface area (Å²) < 4.78 is 1.92.